The average molecular weight is 270 g/mol. The molecule has 0 saturated carbocycles. The molecule has 5 N–H and O–H groups in total. The molecule has 8 heteroatoms. The average Bonchev–Trinajstić information content (AvgIpc) is 2.39. The normalized spacial score (nSPS) is 23.5. The highest BCUT2D eigenvalue weighted by Gasteiger charge is 2.39. The Morgan fingerprint density at radius 3 is 2.74 bits per heavy atom. The zero-order chi connectivity index (χ0) is 14.6. The maximum absolute atomic E-state index is 12.1. The highest BCUT2D eigenvalue weighted by atomic mass is 16.4. The van der Waals surface area contributed by atoms with E-state index in [0.717, 1.165) is 0 Å². The van der Waals surface area contributed by atoms with Gasteiger partial charge in [0.15, 0.2) is 5.84 Å². The molecular formula is C11H18N4O4. The van der Waals surface area contributed by atoms with E-state index in [9.17, 15) is 14.4 Å². The fourth-order valence-electron chi connectivity index (χ4n) is 1.72. The van der Waals surface area contributed by atoms with Crippen LogP contribution >= 0.6 is 0 Å². The third kappa shape index (κ3) is 3.01. The first-order chi connectivity index (χ1) is 8.85. The number of amides is 3. The number of hydrogen-bond donors (Lipinski definition) is 4. The van der Waals surface area contributed by atoms with Crippen LogP contribution in [0.4, 0.5) is 0 Å². The second kappa shape index (κ2) is 5.68. The predicted molar refractivity (Wildman–Crippen MR) is 66.1 cm³/mol. The van der Waals surface area contributed by atoms with E-state index in [4.69, 9.17) is 10.9 Å². The molecule has 0 bridgehead atoms. The van der Waals surface area contributed by atoms with Crippen LogP contribution < -0.4 is 16.4 Å². The van der Waals surface area contributed by atoms with Gasteiger partial charge in [0.25, 0.3) is 0 Å². The van der Waals surface area contributed by atoms with Crippen LogP contribution in [0.2, 0.25) is 0 Å². The van der Waals surface area contributed by atoms with Gasteiger partial charge >= 0.3 is 0 Å². The Kier molecular flexibility index (Phi) is 4.47. The fraction of sp³-hybridized carbons (Fsp3) is 0.636. The number of piperidine rings is 1. The van der Waals surface area contributed by atoms with Crippen molar-refractivity contribution in [3.05, 3.63) is 0 Å². The van der Waals surface area contributed by atoms with Gasteiger partial charge in [-0.05, 0) is 19.8 Å². The molecule has 2 unspecified atom stereocenters. The molecule has 0 radical (unpaired) electrons. The monoisotopic (exact) mass is 270 g/mol. The van der Waals surface area contributed by atoms with Crippen molar-refractivity contribution in [2.75, 3.05) is 0 Å². The number of carbonyl (C=O) groups is 3. The summed E-state index contributed by atoms with van der Waals surface area (Å²) < 4.78 is 0. The van der Waals surface area contributed by atoms with E-state index in [1.165, 1.54) is 6.92 Å². The number of oxime groups is 1. The van der Waals surface area contributed by atoms with Crippen LogP contribution in [0.1, 0.15) is 33.1 Å². The second-order valence-corrected chi connectivity index (χ2v) is 4.65. The molecule has 0 aromatic heterocycles. The third-order valence-electron chi connectivity index (χ3n) is 3.43. The first-order valence-electron chi connectivity index (χ1n) is 5.97. The van der Waals surface area contributed by atoms with Gasteiger partial charge in [0.1, 0.15) is 11.5 Å². The SMILES string of the molecule is CCC(C)(C(=O)NC1CCC(=O)NC1=O)C(N)=NO. The molecular weight excluding hydrogens is 252 g/mol. The summed E-state index contributed by atoms with van der Waals surface area (Å²) in [7, 11) is 0. The van der Waals surface area contributed by atoms with Gasteiger partial charge in [0, 0.05) is 6.42 Å². The van der Waals surface area contributed by atoms with Crippen molar-refractivity contribution in [1.29, 1.82) is 0 Å². The summed E-state index contributed by atoms with van der Waals surface area (Å²) in [6.45, 7) is 3.23. The van der Waals surface area contributed by atoms with Crippen molar-refractivity contribution in [2.24, 2.45) is 16.3 Å². The lowest BCUT2D eigenvalue weighted by Gasteiger charge is -2.29. The lowest BCUT2D eigenvalue weighted by Crippen LogP contribution is -2.57. The fourth-order valence-corrected chi connectivity index (χ4v) is 1.72. The van der Waals surface area contributed by atoms with Crippen molar-refractivity contribution < 1.29 is 19.6 Å². The Balaban J connectivity index is 2.78. The summed E-state index contributed by atoms with van der Waals surface area (Å²) >= 11 is 0. The van der Waals surface area contributed by atoms with Crippen molar-refractivity contribution in [3.63, 3.8) is 0 Å². The van der Waals surface area contributed by atoms with Gasteiger partial charge < -0.3 is 16.3 Å². The van der Waals surface area contributed by atoms with E-state index in [1.54, 1.807) is 6.92 Å². The zero-order valence-corrected chi connectivity index (χ0v) is 10.9. The van der Waals surface area contributed by atoms with Crippen LogP contribution in [0.15, 0.2) is 5.16 Å². The molecule has 19 heavy (non-hydrogen) atoms. The van der Waals surface area contributed by atoms with Crippen LogP contribution in [0.5, 0.6) is 0 Å². The number of carbonyl (C=O) groups excluding carboxylic acids is 3. The number of rotatable bonds is 4. The van der Waals surface area contributed by atoms with E-state index in [0.29, 0.717) is 6.42 Å². The van der Waals surface area contributed by atoms with Gasteiger partial charge in [-0.1, -0.05) is 12.1 Å². The van der Waals surface area contributed by atoms with Gasteiger partial charge in [0.05, 0.1) is 0 Å². The van der Waals surface area contributed by atoms with Crippen LogP contribution in [0.25, 0.3) is 0 Å². The maximum atomic E-state index is 12.1. The van der Waals surface area contributed by atoms with Crippen molar-refractivity contribution in [1.82, 2.24) is 10.6 Å². The zero-order valence-electron chi connectivity index (χ0n) is 10.9. The summed E-state index contributed by atoms with van der Waals surface area (Å²) in [4.78, 5) is 34.7. The number of nitrogens with one attached hydrogen (secondary N) is 2. The molecule has 2 atom stereocenters. The Hall–Kier alpha value is -2.12. The highest BCUT2D eigenvalue weighted by molar-refractivity contribution is 6.08. The lowest BCUT2D eigenvalue weighted by atomic mass is 9.84. The molecule has 0 aromatic rings. The minimum absolute atomic E-state index is 0.170. The number of amidine groups is 1. The third-order valence-corrected chi connectivity index (χ3v) is 3.43. The highest BCUT2D eigenvalue weighted by Crippen LogP contribution is 2.22. The number of nitrogens with two attached hydrogens (primary N) is 1. The van der Waals surface area contributed by atoms with Crippen LogP contribution in [-0.2, 0) is 14.4 Å². The van der Waals surface area contributed by atoms with E-state index in [-0.39, 0.29) is 24.6 Å². The first kappa shape index (κ1) is 14.9. The molecule has 1 fully saturated rings. The largest absolute Gasteiger partial charge is 0.409 e. The lowest BCUT2D eigenvalue weighted by molar-refractivity contribution is -0.138. The van der Waals surface area contributed by atoms with Crippen molar-refractivity contribution in [2.45, 2.75) is 39.2 Å². The van der Waals surface area contributed by atoms with Crippen molar-refractivity contribution >= 4 is 23.6 Å². The molecule has 1 aliphatic rings. The number of imide groups is 1. The number of hydrogen-bond acceptors (Lipinski definition) is 5. The maximum Gasteiger partial charge on any atom is 0.249 e. The minimum Gasteiger partial charge on any atom is -0.409 e. The summed E-state index contributed by atoms with van der Waals surface area (Å²) in [5, 5.41) is 16.2. The Labute approximate surface area is 110 Å². The molecule has 1 heterocycles. The van der Waals surface area contributed by atoms with Crippen LogP contribution in [0, 0.1) is 5.41 Å². The molecule has 0 aromatic carbocycles. The molecule has 8 nitrogen and oxygen atoms in total. The summed E-state index contributed by atoms with van der Waals surface area (Å²) in [6.07, 6.45) is 0.720. The molecule has 0 aliphatic carbocycles. The molecule has 3 amide bonds. The van der Waals surface area contributed by atoms with Gasteiger partial charge in [-0.15, -0.1) is 0 Å². The van der Waals surface area contributed by atoms with E-state index in [2.05, 4.69) is 15.8 Å². The van der Waals surface area contributed by atoms with Gasteiger partial charge in [-0.2, -0.15) is 0 Å². The van der Waals surface area contributed by atoms with Crippen molar-refractivity contribution in [3.8, 4) is 0 Å². The Morgan fingerprint density at radius 2 is 2.26 bits per heavy atom. The Morgan fingerprint density at radius 1 is 1.63 bits per heavy atom. The summed E-state index contributed by atoms with van der Waals surface area (Å²) in [5.74, 6) is -1.63. The van der Waals surface area contributed by atoms with E-state index in [1.807, 2.05) is 0 Å². The minimum atomic E-state index is -1.20. The van der Waals surface area contributed by atoms with Gasteiger partial charge in [-0.25, -0.2) is 0 Å². The number of nitrogens with zero attached hydrogens (tertiary/aromatic N) is 1. The summed E-state index contributed by atoms with van der Waals surface area (Å²) in [5.41, 5.74) is 4.31. The smallest absolute Gasteiger partial charge is 0.249 e. The molecule has 106 valence electrons. The Bertz CT molecular complexity index is 434. The second-order valence-electron chi connectivity index (χ2n) is 4.65. The first-order valence-corrected chi connectivity index (χ1v) is 5.97. The van der Waals surface area contributed by atoms with Crippen LogP contribution in [0.3, 0.4) is 0 Å². The predicted octanol–water partition coefficient (Wildman–Crippen LogP) is -0.929. The molecule has 1 rings (SSSR count). The van der Waals surface area contributed by atoms with E-state index < -0.39 is 23.3 Å². The van der Waals surface area contributed by atoms with E-state index >= 15 is 0 Å². The quantitative estimate of drug-likeness (QED) is 0.172. The topological polar surface area (TPSA) is 134 Å². The van der Waals surface area contributed by atoms with Crippen LogP contribution in [-0.4, -0.2) is 34.8 Å². The van der Waals surface area contributed by atoms with Gasteiger partial charge in [-0.3, -0.25) is 19.7 Å². The summed E-state index contributed by atoms with van der Waals surface area (Å²) in [6, 6.07) is -0.775. The molecule has 1 saturated heterocycles. The molecule has 0 spiro atoms. The standard InChI is InChI=1S/C11H18N4O4/c1-3-11(2,9(12)15-19)10(18)13-6-4-5-7(16)14-8(6)17/h6,19H,3-5H2,1-2H3,(H2,12,15)(H,13,18)(H,14,16,17). The molecule has 1 aliphatic heterocycles. The van der Waals surface area contributed by atoms with Gasteiger partial charge in [0.2, 0.25) is 17.7 Å².